The molecule has 1 aromatic heterocycles. The molecule has 3 rings (SSSR count). The third-order valence-electron chi connectivity index (χ3n) is 4.44. The second kappa shape index (κ2) is 11.9. The van der Waals surface area contributed by atoms with E-state index < -0.39 is 0 Å². The minimum atomic E-state index is -0.283. The van der Waals surface area contributed by atoms with Gasteiger partial charge in [-0.05, 0) is 49.2 Å². The Hall–Kier alpha value is -1.97. The number of halogens is 1. The van der Waals surface area contributed by atoms with Gasteiger partial charge in [0.15, 0.2) is 0 Å². The van der Waals surface area contributed by atoms with Crippen molar-refractivity contribution in [3.05, 3.63) is 73.0 Å². The first-order valence-electron chi connectivity index (χ1n) is 8.93. The molecule has 6 nitrogen and oxygen atoms in total. The van der Waals surface area contributed by atoms with Gasteiger partial charge in [-0.25, -0.2) is 6.08 Å². The van der Waals surface area contributed by atoms with Crippen LogP contribution >= 0.6 is 11.6 Å². The fraction of sp³-hybridized carbons (Fsp3) is 0.286. The molecule has 0 radical (unpaired) electrons. The number of amides is 1. The van der Waals surface area contributed by atoms with Crippen LogP contribution in [0.3, 0.4) is 0 Å². The third kappa shape index (κ3) is 7.09. The SMILES string of the molecule is C[C@@]1(/C=C/[C-]=O)CCCN1.[CH2-]Cn1c(C(=O)Nc2ccccc2Cl)cnc1[CH2-].[Li+]. The van der Waals surface area contributed by atoms with Gasteiger partial charge in [0.05, 0.1) is 16.9 Å². The number of benzene rings is 1. The van der Waals surface area contributed by atoms with Gasteiger partial charge < -0.3 is 33.8 Å². The molecule has 150 valence electrons. The normalized spacial score (nSPS) is 17.9. The van der Waals surface area contributed by atoms with Crippen molar-refractivity contribution in [3.8, 4) is 0 Å². The summed E-state index contributed by atoms with van der Waals surface area (Å²) in [7, 11) is 0. The van der Waals surface area contributed by atoms with Crippen molar-refractivity contribution in [2.24, 2.45) is 0 Å². The Bertz CT molecular complexity index is 845. The molecule has 1 aliphatic rings. The predicted molar refractivity (Wildman–Crippen MR) is 112 cm³/mol. The van der Waals surface area contributed by atoms with Gasteiger partial charge in [-0.3, -0.25) is 9.78 Å². The molecular formula is C21H24ClLiN4O2-2. The molecule has 2 aromatic rings. The number of hydrogen-bond donors (Lipinski definition) is 2. The maximum Gasteiger partial charge on any atom is 1.00 e. The summed E-state index contributed by atoms with van der Waals surface area (Å²) in [6.07, 6.45) is 8.86. The molecule has 0 saturated carbocycles. The third-order valence-corrected chi connectivity index (χ3v) is 4.77. The molecular weight excluding hydrogens is 383 g/mol. The van der Waals surface area contributed by atoms with Gasteiger partial charge in [0.1, 0.15) is 5.69 Å². The fourth-order valence-electron chi connectivity index (χ4n) is 2.87. The quantitative estimate of drug-likeness (QED) is 0.433. The molecule has 0 spiro atoms. The number of allylic oxidation sites excluding steroid dienone is 1. The van der Waals surface area contributed by atoms with Gasteiger partial charge in [-0.2, -0.15) is 6.08 Å². The molecule has 2 heterocycles. The first-order chi connectivity index (χ1) is 13.4. The summed E-state index contributed by atoms with van der Waals surface area (Å²) in [6, 6.07) is 7.04. The van der Waals surface area contributed by atoms with E-state index in [1.807, 2.05) is 6.08 Å². The van der Waals surface area contributed by atoms with E-state index in [0.717, 1.165) is 13.0 Å². The van der Waals surface area contributed by atoms with Crippen LogP contribution in [0.5, 0.6) is 0 Å². The standard InChI is InChI=1S/C13H12ClN3O.C8H12NO.Li/c1-3-17-9(2)15-8-12(17)13(18)16-11-7-5-4-6-10(11)14;1-8(5-3-7-10)4-2-6-9-8;/h4-8H,1-3H2,(H,16,18);3,5,9H,2,4,6H2,1H3;/q-2;-1;+1/b;5-3+;/t;8-;/m.0./s1. The van der Waals surface area contributed by atoms with Crippen LogP contribution in [-0.4, -0.2) is 33.8 Å². The zero-order valence-electron chi connectivity index (χ0n) is 16.9. The van der Waals surface area contributed by atoms with Crippen molar-refractivity contribution >= 4 is 29.5 Å². The van der Waals surface area contributed by atoms with Crippen LogP contribution in [0.25, 0.3) is 0 Å². The molecule has 0 aliphatic carbocycles. The number of aromatic nitrogens is 2. The zero-order chi connectivity index (χ0) is 20.6. The van der Waals surface area contributed by atoms with Crippen LogP contribution in [0, 0.1) is 13.8 Å². The summed E-state index contributed by atoms with van der Waals surface area (Å²) >= 11 is 5.97. The summed E-state index contributed by atoms with van der Waals surface area (Å²) in [5, 5.41) is 6.52. The maximum atomic E-state index is 12.1. The van der Waals surface area contributed by atoms with E-state index in [1.165, 1.54) is 18.7 Å². The zero-order valence-corrected chi connectivity index (χ0v) is 17.6. The van der Waals surface area contributed by atoms with Gasteiger partial charge in [0.2, 0.25) is 0 Å². The molecule has 0 unspecified atom stereocenters. The van der Waals surface area contributed by atoms with Crippen LogP contribution in [-0.2, 0) is 11.3 Å². The Morgan fingerprint density at radius 2 is 2.21 bits per heavy atom. The monoisotopic (exact) mass is 406 g/mol. The van der Waals surface area contributed by atoms with Gasteiger partial charge in [0.25, 0.3) is 5.91 Å². The summed E-state index contributed by atoms with van der Waals surface area (Å²) in [5.41, 5.74) is 1.03. The Kier molecular flexibility index (Phi) is 10.3. The van der Waals surface area contributed by atoms with Gasteiger partial charge >= 0.3 is 18.9 Å². The second-order valence-corrected chi connectivity index (χ2v) is 6.95. The number of para-hydroxylation sites is 1. The van der Waals surface area contributed by atoms with Crippen molar-refractivity contribution in [3.63, 3.8) is 0 Å². The van der Waals surface area contributed by atoms with Crippen molar-refractivity contribution in [1.82, 2.24) is 14.9 Å². The van der Waals surface area contributed by atoms with Crippen LogP contribution in [0.15, 0.2) is 42.6 Å². The molecule has 8 heteroatoms. The first kappa shape index (κ1) is 25.1. The summed E-state index contributed by atoms with van der Waals surface area (Å²) in [5.74, 6) is 0.225. The van der Waals surface area contributed by atoms with Gasteiger partial charge in [-0.15, -0.1) is 6.54 Å². The number of nitrogens with zero attached hydrogens (tertiary/aromatic N) is 2. The van der Waals surface area contributed by atoms with Crippen molar-refractivity contribution in [2.45, 2.75) is 31.8 Å². The molecule has 0 bridgehead atoms. The average molecular weight is 407 g/mol. The molecule has 2 N–H and O–H groups in total. The van der Waals surface area contributed by atoms with Gasteiger partial charge in [0, 0.05) is 0 Å². The minimum absolute atomic E-state index is 0. The van der Waals surface area contributed by atoms with Gasteiger partial charge in [-0.1, -0.05) is 30.7 Å². The van der Waals surface area contributed by atoms with E-state index in [-0.39, 0.29) is 30.3 Å². The van der Waals surface area contributed by atoms with E-state index in [2.05, 4.69) is 36.4 Å². The van der Waals surface area contributed by atoms with Crippen LogP contribution < -0.4 is 29.5 Å². The number of anilines is 1. The second-order valence-electron chi connectivity index (χ2n) is 6.54. The number of carbonyl (C=O) groups is 1. The van der Waals surface area contributed by atoms with Crippen LogP contribution in [0.2, 0.25) is 5.02 Å². The predicted octanol–water partition coefficient (Wildman–Crippen LogP) is 0.603. The summed E-state index contributed by atoms with van der Waals surface area (Å²) in [4.78, 5) is 25.9. The fourth-order valence-corrected chi connectivity index (χ4v) is 3.05. The summed E-state index contributed by atoms with van der Waals surface area (Å²) in [6.45, 7) is 11.0. The van der Waals surface area contributed by atoms with Crippen LogP contribution in [0.1, 0.15) is 36.1 Å². The largest absolute Gasteiger partial charge is 1.00 e. The summed E-state index contributed by atoms with van der Waals surface area (Å²) < 4.78 is 1.63. The Balaban J connectivity index is 0.000000327. The van der Waals surface area contributed by atoms with E-state index in [0.29, 0.717) is 28.8 Å². The Labute approximate surface area is 189 Å². The molecule has 1 aromatic carbocycles. The van der Waals surface area contributed by atoms with E-state index >= 15 is 0 Å². The van der Waals surface area contributed by atoms with Crippen molar-refractivity contribution < 1.29 is 28.4 Å². The number of nitrogens with one attached hydrogen (secondary N) is 2. The maximum absolute atomic E-state index is 12.1. The van der Waals surface area contributed by atoms with E-state index in [1.54, 1.807) is 35.1 Å². The van der Waals surface area contributed by atoms with E-state index in [4.69, 9.17) is 11.6 Å². The number of rotatable bonds is 5. The van der Waals surface area contributed by atoms with Crippen molar-refractivity contribution in [2.75, 3.05) is 11.9 Å². The van der Waals surface area contributed by atoms with Crippen molar-refractivity contribution in [1.29, 1.82) is 0 Å². The molecule has 29 heavy (non-hydrogen) atoms. The Morgan fingerprint density at radius 3 is 2.79 bits per heavy atom. The number of hydrogen-bond acceptors (Lipinski definition) is 4. The van der Waals surface area contributed by atoms with Crippen LogP contribution in [0.4, 0.5) is 5.69 Å². The molecule has 1 aliphatic heterocycles. The average Bonchev–Trinajstić information content (AvgIpc) is 3.28. The minimum Gasteiger partial charge on any atom is -0.419 e. The molecule has 1 amide bonds. The molecule has 1 saturated heterocycles. The number of carbonyl (C=O) groups excluding carboxylic acids is 2. The molecule has 1 fully saturated rings. The molecule has 1 atom stereocenters. The first-order valence-corrected chi connectivity index (χ1v) is 9.31. The number of imidazole rings is 1. The smallest absolute Gasteiger partial charge is 0.419 e. The van der Waals surface area contributed by atoms with E-state index in [9.17, 15) is 9.59 Å². The topological polar surface area (TPSA) is 76.0 Å². The Morgan fingerprint density at radius 1 is 1.48 bits per heavy atom.